The Balaban J connectivity index is 2.20. The minimum atomic E-state index is -1.09. The van der Waals surface area contributed by atoms with E-state index in [1.165, 1.54) is 30.5 Å². The average molecular weight is 308 g/mol. The van der Waals surface area contributed by atoms with Crippen LogP contribution in [0.15, 0.2) is 54.9 Å². The fourth-order valence-corrected chi connectivity index (χ4v) is 2.27. The van der Waals surface area contributed by atoms with Crippen LogP contribution < -0.4 is 0 Å². The van der Waals surface area contributed by atoms with Crippen LogP contribution in [0, 0.1) is 12.7 Å². The SMILES string of the molecule is Cc1ccc(-c2cc(C(=O)O)cc(-c3ncccc3F)c2)nc1. The highest BCUT2D eigenvalue weighted by Gasteiger charge is 2.13. The minimum Gasteiger partial charge on any atom is -0.478 e. The van der Waals surface area contributed by atoms with Gasteiger partial charge in [-0.05, 0) is 48.9 Å². The van der Waals surface area contributed by atoms with Crippen LogP contribution in [0.2, 0.25) is 0 Å². The van der Waals surface area contributed by atoms with Crippen LogP contribution in [-0.2, 0) is 0 Å². The van der Waals surface area contributed by atoms with Crippen LogP contribution in [0.5, 0.6) is 0 Å². The molecule has 0 saturated carbocycles. The zero-order chi connectivity index (χ0) is 16.4. The number of hydrogen-bond donors (Lipinski definition) is 1. The van der Waals surface area contributed by atoms with Gasteiger partial charge >= 0.3 is 5.97 Å². The number of halogens is 1. The molecule has 3 aromatic rings. The van der Waals surface area contributed by atoms with Gasteiger partial charge in [-0.1, -0.05) is 6.07 Å². The molecule has 23 heavy (non-hydrogen) atoms. The molecule has 1 aromatic carbocycles. The first-order valence-electron chi connectivity index (χ1n) is 6.97. The van der Waals surface area contributed by atoms with Crippen molar-refractivity contribution in [1.29, 1.82) is 0 Å². The molecule has 2 aromatic heterocycles. The van der Waals surface area contributed by atoms with Gasteiger partial charge in [-0.25, -0.2) is 9.18 Å². The van der Waals surface area contributed by atoms with Crippen molar-refractivity contribution < 1.29 is 14.3 Å². The summed E-state index contributed by atoms with van der Waals surface area (Å²) in [4.78, 5) is 19.7. The summed E-state index contributed by atoms with van der Waals surface area (Å²) in [5, 5.41) is 9.31. The van der Waals surface area contributed by atoms with E-state index in [0.29, 0.717) is 16.8 Å². The van der Waals surface area contributed by atoms with Crippen molar-refractivity contribution in [1.82, 2.24) is 9.97 Å². The molecular formula is C18H13FN2O2. The van der Waals surface area contributed by atoms with Crippen molar-refractivity contribution in [3.8, 4) is 22.5 Å². The van der Waals surface area contributed by atoms with E-state index in [4.69, 9.17) is 0 Å². The first-order valence-corrected chi connectivity index (χ1v) is 6.97. The molecule has 0 spiro atoms. The second-order valence-corrected chi connectivity index (χ2v) is 5.16. The summed E-state index contributed by atoms with van der Waals surface area (Å²) in [7, 11) is 0. The summed E-state index contributed by atoms with van der Waals surface area (Å²) in [5.41, 5.74) is 2.80. The lowest BCUT2D eigenvalue weighted by atomic mass is 10.0. The number of carboxylic acids is 1. The Morgan fingerprint density at radius 1 is 1.09 bits per heavy atom. The lowest BCUT2D eigenvalue weighted by Crippen LogP contribution is -1.99. The zero-order valence-electron chi connectivity index (χ0n) is 12.3. The lowest BCUT2D eigenvalue weighted by Gasteiger charge is -2.08. The molecule has 5 heteroatoms. The number of aryl methyl sites for hydroxylation is 1. The quantitative estimate of drug-likeness (QED) is 0.795. The predicted molar refractivity (Wildman–Crippen MR) is 84.6 cm³/mol. The van der Waals surface area contributed by atoms with Gasteiger partial charge in [-0.15, -0.1) is 0 Å². The van der Waals surface area contributed by atoms with Gasteiger partial charge in [-0.3, -0.25) is 9.97 Å². The van der Waals surface area contributed by atoms with E-state index in [1.807, 2.05) is 13.0 Å². The van der Waals surface area contributed by atoms with Crippen LogP contribution in [0.4, 0.5) is 4.39 Å². The highest BCUT2D eigenvalue weighted by molar-refractivity contribution is 5.91. The molecule has 0 saturated heterocycles. The van der Waals surface area contributed by atoms with Crippen LogP contribution in [0.3, 0.4) is 0 Å². The van der Waals surface area contributed by atoms with Gasteiger partial charge in [-0.2, -0.15) is 0 Å². The van der Waals surface area contributed by atoms with Gasteiger partial charge < -0.3 is 5.11 Å². The van der Waals surface area contributed by atoms with Crippen molar-refractivity contribution in [2.45, 2.75) is 6.92 Å². The molecule has 3 rings (SSSR count). The van der Waals surface area contributed by atoms with Crippen molar-refractivity contribution in [3.63, 3.8) is 0 Å². The maximum atomic E-state index is 14.0. The molecular weight excluding hydrogens is 295 g/mol. The van der Waals surface area contributed by atoms with Crippen molar-refractivity contribution in [2.24, 2.45) is 0 Å². The van der Waals surface area contributed by atoms with Crippen molar-refractivity contribution >= 4 is 5.97 Å². The molecule has 0 bridgehead atoms. The zero-order valence-corrected chi connectivity index (χ0v) is 12.3. The van der Waals surface area contributed by atoms with E-state index in [0.717, 1.165) is 5.56 Å². The van der Waals surface area contributed by atoms with E-state index in [2.05, 4.69) is 9.97 Å². The number of nitrogens with zero attached hydrogens (tertiary/aromatic N) is 2. The van der Waals surface area contributed by atoms with Gasteiger partial charge in [0.05, 0.1) is 11.3 Å². The normalized spacial score (nSPS) is 10.5. The predicted octanol–water partition coefficient (Wildman–Crippen LogP) is 3.96. The van der Waals surface area contributed by atoms with Crippen molar-refractivity contribution in [2.75, 3.05) is 0 Å². The Bertz CT molecular complexity index is 876. The Labute approximate surface area is 132 Å². The topological polar surface area (TPSA) is 63.1 Å². The van der Waals surface area contributed by atoms with Gasteiger partial charge in [0.25, 0.3) is 0 Å². The Morgan fingerprint density at radius 2 is 1.87 bits per heavy atom. The van der Waals surface area contributed by atoms with Gasteiger partial charge in [0.1, 0.15) is 11.5 Å². The van der Waals surface area contributed by atoms with E-state index >= 15 is 0 Å². The van der Waals surface area contributed by atoms with Gasteiger partial charge in [0.2, 0.25) is 0 Å². The first-order chi connectivity index (χ1) is 11.0. The van der Waals surface area contributed by atoms with E-state index in [-0.39, 0.29) is 11.3 Å². The Hall–Kier alpha value is -3.08. The first kappa shape index (κ1) is 14.8. The maximum absolute atomic E-state index is 14.0. The monoisotopic (exact) mass is 308 g/mol. The molecule has 0 aliphatic carbocycles. The second kappa shape index (κ2) is 5.96. The Morgan fingerprint density at radius 3 is 2.52 bits per heavy atom. The van der Waals surface area contributed by atoms with E-state index in [1.54, 1.807) is 18.3 Å². The number of aromatic carboxylic acids is 1. The van der Waals surface area contributed by atoms with Gasteiger partial charge in [0, 0.05) is 23.5 Å². The maximum Gasteiger partial charge on any atom is 0.335 e. The van der Waals surface area contributed by atoms with E-state index < -0.39 is 11.8 Å². The summed E-state index contributed by atoms with van der Waals surface area (Å²) < 4.78 is 14.0. The second-order valence-electron chi connectivity index (χ2n) is 5.16. The third-order valence-corrected chi connectivity index (χ3v) is 3.42. The molecule has 0 radical (unpaired) electrons. The van der Waals surface area contributed by atoms with E-state index in [9.17, 15) is 14.3 Å². The largest absolute Gasteiger partial charge is 0.478 e. The summed E-state index contributed by atoms with van der Waals surface area (Å²) >= 11 is 0. The molecule has 0 atom stereocenters. The smallest absolute Gasteiger partial charge is 0.335 e. The molecule has 0 unspecified atom stereocenters. The molecule has 2 heterocycles. The highest BCUT2D eigenvalue weighted by Crippen LogP contribution is 2.28. The van der Waals surface area contributed by atoms with Crippen LogP contribution in [-0.4, -0.2) is 21.0 Å². The molecule has 0 aliphatic heterocycles. The molecule has 114 valence electrons. The lowest BCUT2D eigenvalue weighted by molar-refractivity contribution is 0.0697. The van der Waals surface area contributed by atoms with Crippen LogP contribution in [0.25, 0.3) is 22.5 Å². The standard InChI is InChI=1S/C18H13FN2O2/c1-11-4-5-16(21-10-11)12-7-13(9-14(8-12)18(22)23)17-15(19)3-2-6-20-17/h2-10H,1H3,(H,22,23). The number of hydrogen-bond acceptors (Lipinski definition) is 3. The third-order valence-electron chi connectivity index (χ3n) is 3.42. The summed E-state index contributed by atoms with van der Waals surface area (Å²) in [5.74, 6) is -1.59. The number of benzene rings is 1. The Kier molecular flexibility index (Phi) is 3.85. The number of carbonyl (C=O) groups is 1. The number of aromatic nitrogens is 2. The third kappa shape index (κ3) is 3.08. The number of carboxylic acid groups (broad SMARTS) is 1. The molecule has 0 fully saturated rings. The van der Waals surface area contributed by atoms with Crippen LogP contribution in [0.1, 0.15) is 15.9 Å². The molecule has 0 aliphatic rings. The minimum absolute atomic E-state index is 0.0601. The number of rotatable bonds is 3. The molecule has 0 amide bonds. The fourth-order valence-electron chi connectivity index (χ4n) is 2.27. The highest BCUT2D eigenvalue weighted by atomic mass is 19.1. The van der Waals surface area contributed by atoms with Crippen LogP contribution >= 0.6 is 0 Å². The van der Waals surface area contributed by atoms with Gasteiger partial charge in [0.15, 0.2) is 0 Å². The summed E-state index contributed by atoms with van der Waals surface area (Å²) in [6, 6.07) is 11.1. The molecule has 4 nitrogen and oxygen atoms in total. The fraction of sp³-hybridized carbons (Fsp3) is 0.0556. The number of pyridine rings is 2. The summed E-state index contributed by atoms with van der Waals surface area (Å²) in [6.07, 6.45) is 3.17. The molecule has 1 N–H and O–H groups in total. The average Bonchev–Trinajstić information content (AvgIpc) is 2.55. The van der Waals surface area contributed by atoms with Crippen molar-refractivity contribution in [3.05, 3.63) is 71.8 Å². The summed E-state index contributed by atoms with van der Waals surface area (Å²) in [6.45, 7) is 1.92.